The molecule has 0 bridgehead atoms. The molecule has 0 saturated carbocycles. The van der Waals surface area contributed by atoms with Crippen LogP contribution in [0.25, 0.3) is 0 Å². The molecule has 1 amide bonds. The van der Waals surface area contributed by atoms with Gasteiger partial charge >= 0.3 is 0 Å². The number of hydrogen-bond donors (Lipinski definition) is 2. The normalized spacial score (nSPS) is 18.3. The highest BCUT2D eigenvalue weighted by atomic mass is 32.1. The van der Waals surface area contributed by atoms with Crippen molar-refractivity contribution in [3.05, 3.63) is 23.6 Å². The quantitative estimate of drug-likeness (QED) is 0.812. The maximum Gasteiger partial charge on any atom is 0.275 e. The lowest BCUT2D eigenvalue weighted by Gasteiger charge is -2.25. The molecule has 0 spiro atoms. The number of ether oxygens (including phenoxy) is 1. The summed E-state index contributed by atoms with van der Waals surface area (Å²) in [6, 6.07) is 0. The number of hydrogen-bond acceptors (Lipinski definition) is 8. The molecule has 4 heterocycles. The summed E-state index contributed by atoms with van der Waals surface area (Å²) in [6.45, 7) is 3.87. The molecule has 4 rings (SSSR count). The number of nitrogens with one attached hydrogen (secondary N) is 2. The summed E-state index contributed by atoms with van der Waals surface area (Å²) in [5, 5.41) is 8.87. The van der Waals surface area contributed by atoms with Crippen molar-refractivity contribution in [3.63, 3.8) is 0 Å². The highest BCUT2D eigenvalue weighted by molar-refractivity contribution is 7.14. The fraction of sp³-hybridized carbons (Fsp3) is 0.556. The number of thiazole rings is 1. The molecule has 8 nitrogen and oxygen atoms in total. The van der Waals surface area contributed by atoms with Gasteiger partial charge in [-0.25, -0.2) is 9.97 Å². The number of rotatable bonds is 5. The van der Waals surface area contributed by atoms with Crippen LogP contribution in [0.3, 0.4) is 0 Å². The van der Waals surface area contributed by atoms with Gasteiger partial charge in [0.15, 0.2) is 5.13 Å². The van der Waals surface area contributed by atoms with Crippen LogP contribution in [-0.2, 0) is 0 Å². The van der Waals surface area contributed by atoms with E-state index < -0.39 is 0 Å². The van der Waals surface area contributed by atoms with E-state index >= 15 is 0 Å². The van der Waals surface area contributed by atoms with Gasteiger partial charge in [0, 0.05) is 18.5 Å². The van der Waals surface area contributed by atoms with Gasteiger partial charge < -0.3 is 20.3 Å². The average Bonchev–Trinajstić information content (AvgIpc) is 3.21. The summed E-state index contributed by atoms with van der Waals surface area (Å²) in [7, 11) is 0. The van der Waals surface area contributed by atoms with Gasteiger partial charge in [0.2, 0.25) is 5.88 Å². The van der Waals surface area contributed by atoms with Crippen LogP contribution in [0.1, 0.15) is 42.6 Å². The second-order valence-corrected chi connectivity index (χ2v) is 7.66. The molecule has 144 valence electrons. The third-order valence-electron chi connectivity index (χ3n) is 4.84. The molecule has 2 aromatic heterocycles. The van der Waals surface area contributed by atoms with Crippen molar-refractivity contribution in [2.24, 2.45) is 0 Å². The van der Waals surface area contributed by atoms with E-state index in [9.17, 15) is 4.79 Å². The fourth-order valence-electron chi connectivity index (χ4n) is 3.35. The summed E-state index contributed by atoms with van der Waals surface area (Å²) < 4.78 is 5.99. The minimum absolute atomic E-state index is 0.0989. The molecule has 2 aliphatic rings. The first-order valence-electron chi connectivity index (χ1n) is 9.49. The first-order valence-corrected chi connectivity index (χ1v) is 10.4. The smallest absolute Gasteiger partial charge is 0.275 e. The first kappa shape index (κ1) is 18.1. The zero-order chi connectivity index (χ0) is 18.5. The molecule has 2 aliphatic heterocycles. The monoisotopic (exact) mass is 388 g/mol. The van der Waals surface area contributed by atoms with E-state index in [1.165, 1.54) is 36.9 Å². The molecule has 0 unspecified atom stereocenters. The van der Waals surface area contributed by atoms with Crippen LogP contribution in [0, 0.1) is 0 Å². The number of amides is 1. The lowest BCUT2D eigenvalue weighted by Crippen LogP contribution is -2.34. The average molecular weight is 388 g/mol. The van der Waals surface area contributed by atoms with Crippen molar-refractivity contribution < 1.29 is 9.53 Å². The largest absolute Gasteiger partial charge is 0.473 e. The van der Waals surface area contributed by atoms with Crippen molar-refractivity contribution in [1.82, 2.24) is 20.3 Å². The van der Waals surface area contributed by atoms with E-state index in [2.05, 4.69) is 30.5 Å². The van der Waals surface area contributed by atoms with Crippen molar-refractivity contribution in [3.8, 4) is 5.88 Å². The molecular formula is C18H24N6O2S. The zero-order valence-electron chi connectivity index (χ0n) is 15.2. The predicted octanol–water partition coefficient (Wildman–Crippen LogP) is 2.31. The highest BCUT2D eigenvalue weighted by Crippen LogP contribution is 2.26. The summed E-state index contributed by atoms with van der Waals surface area (Å²) in [5.74, 6) is 0.149. The standard InChI is InChI=1S/C18H24N6O2S/c25-16(15-11-27-18(23-15)24-8-2-1-3-9-24)22-14-10-20-12-21-17(14)26-13-4-6-19-7-5-13/h10-13,19H,1-9H2,(H,22,25). The van der Waals surface area contributed by atoms with E-state index in [4.69, 9.17) is 4.74 Å². The minimum Gasteiger partial charge on any atom is -0.473 e. The van der Waals surface area contributed by atoms with E-state index in [0.717, 1.165) is 44.2 Å². The fourth-order valence-corrected chi connectivity index (χ4v) is 4.21. The SMILES string of the molecule is O=C(Nc1cncnc1OC1CCNCC1)c1csc(N2CCCCC2)n1. The minimum atomic E-state index is -0.264. The lowest BCUT2D eigenvalue weighted by atomic mass is 10.1. The van der Waals surface area contributed by atoms with Crippen LogP contribution < -0.4 is 20.3 Å². The number of carbonyl (C=O) groups is 1. The van der Waals surface area contributed by atoms with Gasteiger partial charge in [-0.3, -0.25) is 4.79 Å². The van der Waals surface area contributed by atoms with Crippen LogP contribution in [-0.4, -0.2) is 53.1 Å². The van der Waals surface area contributed by atoms with Crippen molar-refractivity contribution in [2.75, 3.05) is 36.4 Å². The van der Waals surface area contributed by atoms with Gasteiger partial charge in [-0.2, -0.15) is 4.98 Å². The second kappa shape index (κ2) is 8.62. The Balaban J connectivity index is 1.42. The number of nitrogens with zero attached hydrogens (tertiary/aromatic N) is 4. The number of piperidine rings is 2. The van der Waals surface area contributed by atoms with Crippen LogP contribution >= 0.6 is 11.3 Å². The molecule has 27 heavy (non-hydrogen) atoms. The molecule has 0 radical (unpaired) electrons. The molecule has 9 heteroatoms. The highest BCUT2D eigenvalue weighted by Gasteiger charge is 2.20. The second-order valence-electron chi connectivity index (χ2n) is 6.83. The summed E-state index contributed by atoms with van der Waals surface area (Å²) >= 11 is 1.51. The Labute approximate surface area is 162 Å². The number of aromatic nitrogens is 3. The molecule has 0 aromatic carbocycles. The third-order valence-corrected chi connectivity index (χ3v) is 5.74. The van der Waals surface area contributed by atoms with Gasteiger partial charge in [0.05, 0.1) is 6.20 Å². The van der Waals surface area contributed by atoms with Crippen LogP contribution in [0.2, 0.25) is 0 Å². The Bertz CT molecular complexity index is 771. The molecule has 2 fully saturated rings. The summed E-state index contributed by atoms with van der Waals surface area (Å²) in [4.78, 5) is 27.6. The van der Waals surface area contributed by atoms with E-state index in [0.29, 0.717) is 17.3 Å². The van der Waals surface area contributed by atoms with E-state index in [1.54, 1.807) is 11.6 Å². The topological polar surface area (TPSA) is 92.3 Å². The molecule has 0 aliphatic carbocycles. The Hall–Kier alpha value is -2.26. The molecule has 2 saturated heterocycles. The first-order chi connectivity index (χ1) is 13.3. The number of carbonyl (C=O) groups excluding carboxylic acids is 1. The van der Waals surface area contributed by atoms with E-state index in [-0.39, 0.29) is 12.0 Å². The lowest BCUT2D eigenvalue weighted by molar-refractivity contribution is 0.102. The van der Waals surface area contributed by atoms with Crippen LogP contribution in [0.4, 0.5) is 10.8 Å². The molecular weight excluding hydrogens is 364 g/mol. The van der Waals surface area contributed by atoms with Gasteiger partial charge in [0.25, 0.3) is 5.91 Å². The summed E-state index contributed by atoms with van der Waals surface area (Å²) in [6.07, 6.45) is 8.57. The van der Waals surface area contributed by atoms with Crippen molar-refractivity contribution >= 4 is 28.1 Å². The Morgan fingerprint density at radius 1 is 1.26 bits per heavy atom. The Morgan fingerprint density at radius 3 is 2.89 bits per heavy atom. The Morgan fingerprint density at radius 2 is 2.07 bits per heavy atom. The van der Waals surface area contributed by atoms with E-state index in [1.807, 2.05) is 0 Å². The van der Waals surface area contributed by atoms with Crippen LogP contribution in [0.15, 0.2) is 17.9 Å². The van der Waals surface area contributed by atoms with Crippen molar-refractivity contribution in [2.45, 2.75) is 38.2 Å². The van der Waals surface area contributed by atoms with Gasteiger partial charge in [-0.15, -0.1) is 11.3 Å². The maximum absolute atomic E-state index is 12.6. The third kappa shape index (κ3) is 4.54. The van der Waals surface area contributed by atoms with Crippen LogP contribution in [0.5, 0.6) is 5.88 Å². The van der Waals surface area contributed by atoms with Crippen molar-refractivity contribution in [1.29, 1.82) is 0 Å². The summed E-state index contributed by atoms with van der Waals surface area (Å²) in [5.41, 5.74) is 0.894. The predicted molar refractivity (Wildman–Crippen MR) is 105 cm³/mol. The molecule has 2 aromatic rings. The van der Waals surface area contributed by atoms with Gasteiger partial charge in [-0.05, 0) is 45.2 Å². The van der Waals surface area contributed by atoms with Gasteiger partial charge in [-0.1, -0.05) is 0 Å². The Kier molecular flexibility index (Phi) is 5.78. The van der Waals surface area contributed by atoms with Gasteiger partial charge in [0.1, 0.15) is 23.8 Å². The maximum atomic E-state index is 12.6. The zero-order valence-corrected chi connectivity index (χ0v) is 16.0. The number of anilines is 2. The molecule has 0 atom stereocenters. The molecule has 2 N–H and O–H groups in total.